The maximum atomic E-state index is 12.9. The Kier molecular flexibility index (Phi) is 5.24. The summed E-state index contributed by atoms with van der Waals surface area (Å²) in [6, 6.07) is 24.0. The molecular formula is C24H14Cl2N2O2S. The largest absolute Gasteiger partial charge is 0.451 e. The van der Waals surface area contributed by atoms with Gasteiger partial charge in [0.25, 0.3) is 5.91 Å². The van der Waals surface area contributed by atoms with E-state index in [4.69, 9.17) is 32.6 Å². The van der Waals surface area contributed by atoms with E-state index in [1.54, 1.807) is 41.7 Å². The third-order valence-corrected chi connectivity index (χ3v) is 6.34. The summed E-state index contributed by atoms with van der Waals surface area (Å²) in [4.78, 5) is 17.6. The number of hydrogen-bond donors (Lipinski definition) is 1. The van der Waals surface area contributed by atoms with E-state index in [9.17, 15) is 4.79 Å². The van der Waals surface area contributed by atoms with E-state index in [1.807, 2.05) is 48.5 Å². The smallest absolute Gasteiger partial charge is 0.291 e. The number of para-hydroxylation sites is 2. The zero-order valence-electron chi connectivity index (χ0n) is 15.9. The second kappa shape index (κ2) is 8.19. The number of nitrogens with one attached hydrogen (secondary N) is 1. The number of carbonyl (C=O) groups is 1. The van der Waals surface area contributed by atoms with Crippen LogP contribution in [0.3, 0.4) is 0 Å². The normalized spacial score (nSPS) is 11.0. The van der Waals surface area contributed by atoms with Crippen molar-refractivity contribution in [1.82, 2.24) is 4.98 Å². The predicted octanol–water partition coefficient (Wildman–Crippen LogP) is 7.78. The van der Waals surface area contributed by atoms with Gasteiger partial charge in [0, 0.05) is 16.1 Å². The van der Waals surface area contributed by atoms with Gasteiger partial charge in [0.05, 0.1) is 20.9 Å². The first-order valence-electron chi connectivity index (χ1n) is 9.40. The van der Waals surface area contributed by atoms with Crippen molar-refractivity contribution in [3.05, 3.63) is 94.7 Å². The molecule has 0 saturated heterocycles. The number of furan rings is 1. The number of amides is 1. The van der Waals surface area contributed by atoms with Gasteiger partial charge in [-0.3, -0.25) is 4.79 Å². The summed E-state index contributed by atoms with van der Waals surface area (Å²) >= 11 is 13.8. The fraction of sp³-hybridized carbons (Fsp3) is 0. The van der Waals surface area contributed by atoms with Crippen LogP contribution in [0.25, 0.3) is 32.1 Å². The topological polar surface area (TPSA) is 55.1 Å². The highest BCUT2D eigenvalue weighted by atomic mass is 35.5. The van der Waals surface area contributed by atoms with Gasteiger partial charge in [-0.05, 0) is 54.6 Å². The first kappa shape index (κ1) is 19.8. The maximum Gasteiger partial charge on any atom is 0.291 e. The Morgan fingerprint density at radius 3 is 2.55 bits per heavy atom. The number of fused-ring (bicyclic) bond motifs is 1. The van der Waals surface area contributed by atoms with Gasteiger partial charge in [-0.15, -0.1) is 11.3 Å². The molecule has 2 heterocycles. The number of anilines is 1. The lowest BCUT2D eigenvalue weighted by molar-refractivity contribution is 0.0997. The summed E-state index contributed by atoms with van der Waals surface area (Å²) in [6.07, 6.45) is 0. The van der Waals surface area contributed by atoms with Crippen LogP contribution in [0.2, 0.25) is 10.0 Å². The monoisotopic (exact) mass is 464 g/mol. The van der Waals surface area contributed by atoms with Crippen molar-refractivity contribution in [3.63, 3.8) is 0 Å². The Bertz CT molecular complexity index is 1390. The number of carbonyl (C=O) groups excluding carboxylic acids is 1. The molecule has 1 N–H and O–H groups in total. The zero-order valence-corrected chi connectivity index (χ0v) is 18.3. The average Bonchev–Trinajstić information content (AvgIpc) is 3.41. The summed E-state index contributed by atoms with van der Waals surface area (Å²) in [6.45, 7) is 0. The molecule has 1 amide bonds. The van der Waals surface area contributed by atoms with Gasteiger partial charge in [0.1, 0.15) is 10.8 Å². The van der Waals surface area contributed by atoms with Crippen LogP contribution in [-0.2, 0) is 0 Å². The molecule has 5 aromatic rings. The second-order valence-electron chi connectivity index (χ2n) is 6.77. The van der Waals surface area contributed by atoms with Crippen LogP contribution < -0.4 is 5.32 Å². The average molecular weight is 465 g/mol. The molecule has 0 bridgehead atoms. The molecule has 0 aliphatic rings. The number of benzene rings is 3. The van der Waals surface area contributed by atoms with Gasteiger partial charge in [-0.2, -0.15) is 0 Å². The zero-order chi connectivity index (χ0) is 21.4. The Hall–Kier alpha value is -3.12. The van der Waals surface area contributed by atoms with Gasteiger partial charge in [0.15, 0.2) is 5.76 Å². The Morgan fingerprint density at radius 1 is 0.903 bits per heavy atom. The lowest BCUT2D eigenvalue weighted by Crippen LogP contribution is -2.11. The van der Waals surface area contributed by atoms with E-state index in [2.05, 4.69) is 5.32 Å². The predicted molar refractivity (Wildman–Crippen MR) is 127 cm³/mol. The van der Waals surface area contributed by atoms with Gasteiger partial charge in [-0.25, -0.2) is 4.98 Å². The highest BCUT2D eigenvalue weighted by Gasteiger charge is 2.17. The van der Waals surface area contributed by atoms with E-state index in [0.29, 0.717) is 27.1 Å². The van der Waals surface area contributed by atoms with Crippen LogP contribution >= 0.6 is 34.5 Å². The van der Waals surface area contributed by atoms with E-state index in [0.717, 1.165) is 20.8 Å². The molecule has 152 valence electrons. The standard InChI is InChI=1S/C24H14Cl2N2O2S/c25-14-9-10-15(17(26)13-14)20-11-12-21(30-20)23(29)27-18-6-2-1-5-16(18)24-28-19-7-3-4-8-22(19)31-24/h1-13H,(H,27,29). The highest BCUT2D eigenvalue weighted by Crippen LogP contribution is 2.35. The minimum atomic E-state index is -0.357. The van der Waals surface area contributed by atoms with E-state index in [1.165, 1.54) is 0 Å². The highest BCUT2D eigenvalue weighted by molar-refractivity contribution is 7.21. The molecule has 2 aromatic heterocycles. The Morgan fingerprint density at radius 2 is 1.71 bits per heavy atom. The number of nitrogens with zero attached hydrogens (tertiary/aromatic N) is 1. The molecule has 0 radical (unpaired) electrons. The number of halogens is 2. The SMILES string of the molecule is O=C(Nc1ccccc1-c1nc2ccccc2s1)c1ccc(-c2ccc(Cl)cc2Cl)o1. The van der Waals surface area contributed by atoms with Gasteiger partial charge in [0.2, 0.25) is 0 Å². The van der Waals surface area contributed by atoms with Crippen LogP contribution in [0, 0.1) is 0 Å². The van der Waals surface area contributed by atoms with Crippen LogP contribution in [0.1, 0.15) is 10.6 Å². The summed E-state index contributed by atoms with van der Waals surface area (Å²) < 4.78 is 6.86. The van der Waals surface area contributed by atoms with Crippen molar-refractivity contribution in [3.8, 4) is 21.9 Å². The minimum absolute atomic E-state index is 0.181. The summed E-state index contributed by atoms with van der Waals surface area (Å²) in [5.74, 6) is 0.316. The summed E-state index contributed by atoms with van der Waals surface area (Å²) in [7, 11) is 0. The molecule has 0 saturated carbocycles. The molecule has 5 rings (SSSR count). The second-order valence-corrected chi connectivity index (χ2v) is 8.65. The van der Waals surface area contributed by atoms with Crippen LogP contribution in [0.15, 0.2) is 83.3 Å². The first-order chi connectivity index (χ1) is 15.1. The maximum absolute atomic E-state index is 12.9. The first-order valence-corrected chi connectivity index (χ1v) is 11.0. The molecule has 0 unspecified atom stereocenters. The lowest BCUT2D eigenvalue weighted by Gasteiger charge is -2.08. The third-order valence-electron chi connectivity index (χ3n) is 4.73. The molecular weight excluding hydrogens is 451 g/mol. The minimum Gasteiger partial charge on any atom is -0.451 e. The third kappa shape index (κ3) is 3.95. The van der Waals surface area contributed by atoms with Crippen molar-refractivity contribution < 1.29 is 9.21 Å². The lowest BCUT2D eigenvalue weighted by atomic mass is 10.2. The van der Waals surface area contributed by atoms with Crippen LogP contribution in [0.4, 0.5) is 5.69 Å². The molecule has 3 aromatic carbocycles. The van der Waals surface area contributed by atoms with Gasteiger partial charge in [-0.1, -0.05) is 47.5 Å². The van der Waals surface area contributed by atoms with Crippen LogP contribution in [0.5, 0.6) is 0 Å². The van der Waals surface area contributed by atoms with Crippen molar-refractivity contribution in [2.24, 2.45) is 0 Å². The van der Waals surface area contributed by atoms with Gasteiger partial charge >= 0.3 is 0 Å². The summed E-state index contributed by atoms with van der Waals surface area (Å²) in [5, 5.41) is 4.76. The molecule has 0 aliphatic carbocycles. The van der Waals surface area contributed by atoms with E-state index < -0.39 is 0 Å². The van der Waals surface area contributed by atoms with Crippen molar-refractivity contribution in [1.29, 1.82) is 0 Å². The van der Waals surface area contributed by atoms with Crippen molar-refractivity contribution in [2.75, 3.05) is 5.32 Å². The molecule has 4 nitrogen and oxygen atoms in total. The molecule has 7 heteroatoms. The number of rotatable bonds is 4. The molecule has 0 atom stereocenters. The number of aromatic nitrogens is 1. The molecule has 0 aliphatic heterocycles. The summed E-state index contributed by atoms with van der Waals surface area (Å²) in [5.41, 5.74) is 3.11. The number of thiazole rings is 1. The van der Waals surface area contributed by atoms with E-state index in [-0.39, 0.29) is 11.7 Å². The molecule has 31 heavy (non-hydrogen) atoms. The van der Waals surface area contributed by atoms with Crippen LogP contribution in [-0.4, -0.2) is 10.9 Å². The molecule has 0 fully saturated rings. The fourth-order valence-corrected chi connectivity index (χ4v) is 4.75. The Balaban J connectivity index is 1.43. The quantitative estimate of drug-likeness (QED) is 0.295. The Labute approximate surface area is 192 Å². The number of hydrogen-bond acceptors (Lipinski definition) is 4. The van der Waals surface area contributed by atoms with Crippen molar-refractivity contribution >= 4 is 56.3 Å². The molecule has 0 spiro atoms. The van der Waals surface area contributed by atoms with Gasteiger partial charge < -0.3 is 9.73 Å². The van der Waals surface area contributed by atoms with Crippen molar-refractivity contribution in [2.45, 2.75) is 0 Å². The fourth-order valence-electron chi connectivity index (χ4n) is 3.24. The van der Waals surface area contributed by atoms with E-state index >= 15 is 0 Å².